The van der Waals surface area contributed by atoms with Gasteiger partial charge in [-0.2, -0.15) is 13.2 Å². The Balaban J connectivity index is 2.50. The van der Waals surface area contributed by atoms with Gasteiger partial charge in [-0.25, -0.2) is 8.42 Å². The van der Waals surface area contributed by atoms with Crippen LogP contribution in [0.15, 0.2) is 28.0 Å². The Hall–Kier alpha value is -1.55. The Morgan fingerprint density at radius 2 is 2.10 bits per heavy atom. The molecule has 0 radical (unpaired) electrons. The summed E-state index contributed by atoms with van der Waals surface area (Å²) in [5.74, 6) is -0.342. The van der Waals surface area contributed by atoms with Gasteiger partial charge in [-0.05, 0) is 12.5 Å². The minimum atomic E-state index is -4.59. The fourth-order valence-electron chi connectivity index (χ4n) is 2.37. The molecule has 0 fully saturated rings. The molecule has 2 aliphatic heterocycles. The van der Waals surface area contributed by atoms with Crippen molar-refractivity contribution in [1.82, 2.24) is 5.32 Å². The molecule has 0 bridgehead atoms. The quantitative estimate of drug-likeness (QED) is 0.665. The van der Waals surface area contributed by atoms with Crippen molar-refractivity contribution >= 4 is 15.7 Å². The minimum Gasteiger partial charge on any atom is -0.385 e. The van der Waals surface area contributed by atoms with Gasteiger partial charge in [0.1, 0.15) is 15.7 Å². The highest BCUT2D eigenvalue weighted by molar-refractivity contribution is 7.90. The molecule has 0 aromatic carbocycles. The van der Waals surface area contributed by atoms with Crippen molar-refractivity contribution < 1.29 is 21.6 Å². The first kappa shape index (κ1) is 15.8. The van der Waals surface area contributed by atoms with Gasteiger partial charge in [-0.3, -0.25) is 4.99 Å². The Labute approximate surface area is 119 Å². The lowest BCUT2D eigenvalue weighted by Crippen LogP contribution is -2.52. The van der Waals surface area contributed by atoms with Crippen LogP contribution in [-0.2, 0) is 9.84 Å². The van der Waals surface area contributed by atoms with Gasteiger partial charge in [0.05, 0.1) is 29.2 Å². The Kier molecular flexibility index (Phi) is 3.57. The number of nitrogens with two attached hydrogens (primary N) is 2. The Morgan fingerprint density at radius 1 is 1.48 bits per heavy atom. The molecule has 2 heterocycles. The van der Waals surface area contributed by atoms with E-state index in [1.807, 2.05) is 0 Å². The van der Waals surface area contributed by atoms with Gasteiger partial charge in [0.25, 0.3) is 0 Å². The molecule has 2 aliphatic rings. The second-order valence-corrected chi connectivity index (χ2v) is 7.42. The molecule has 118 valence electrons. The van der Waals surface area contributed by atoms with Crippen LogP contribution < -0.4 is 16.8 Å². The van der Waals surface area contributed by atoms with Gasteiger partial charge >= 0.3 is 6.18 Å². The fraction of sp³-hybridized carbons (Fsp3) is 0.545. The second-order valence-electron chi connectivity index (χ2n) is 5.16. The molecule has 6 nitrogen and oxygen atoms in total. The molecular weight excluding hydrogens is 309 g/mol. The monoisotopic (exact) mass is 324 g/mol. The van der Waals surface area contributed by atoms with Crippen LogP contribution in [0.4, 0.5) is 13.2 Å². The maximum Gasteiger partial charge on any atom is 0.414 e. The molecule has 0 saturated heterocycles. The SMILES string of the molecule is CS(=O)(=O)CCC1(N)C=C(N)NC2=NCC(C(F)(F)F)=C21. The number of sulfone groups is 1. The third-order valence-corrected chi connectivity index (χ3v) is 4.25. The van der Waals surface area contributed by atoms with Crippen molar-refractivity contribution in [2.45, 2.75) is 18.1 Å². The fourth-order valence-corrected chi connectivity index (χ4v) is 3.08. The highest BCUT2D eigenvalue weighted by Crippen LogP contribution is 2.39. The van der Waals surface area contributed by atoms with E-state index in [0.717, 1.165) is 6.26 Å². The number of halogens is 3. The molecule has 21 heavy (non-hydrogen) atoms. The van der Waals surface area contributed by atoms with E-state index in [2.05, 4.69) is 10.3 Å². The third kappa shape index (κ3) is 3.21. The molecule has 0 amide bonds. The average molecular weight is 324 g/mol. The normalized spacial score (nSPS) is 26.1. The van der Waals surface area contributed by atoms with E-state index in [1.165, 1.54) is 6.08 Å². The predicted octanol–water partition coefficient (Wildman–Crippen LogP) is -0.207. The third-order valence-electron chi connectivity index (χ3n) is 3.30. The highest BCUT2D eigenvalue weighted by Gasteiger charge is 2.47. The number of hydrogen-bond acceptors (Lipinski definition) is 6. The summed E-state index contributed by atoms with van der Waals surface area (Å²) >= 11 is 0. The van der Waals surface area contributed by atoms with E-state index in [4.69, 9.17) is 11.5 Å². The van der Waals surface area contributed by atoms with Gasteiger partial charge < -0.3 is 16.8 Å². The second kappa shape index (κ2) is 4.73. The van der Waals surface area contributed by atoms with E-state index < -0.39 is 33.7 Å². The zero-order valence-electron chi connectivity index (χ0n) is 11.2. The molecule has 0 saturated carbocycles. The molecule has 1 unspecified atom stereocenters. The molecule has 0 aromatic rings. The van der Waals surface area contributed by atoms with E-state index in [1.54, 1.807) is 0 Å². The van der Waals surface area contributed by atoms with Crippen LogP contribution in [-0.4, -0.2) is 44.5 Å². The lowest BCUT2D eigenvalue weighted by molar-refractivity contribution is -0.0927. The molecule has 0 aliphatic carbocycles. The van der Waals surface area contributed by atoms with Crippen molar-refractivity contribution in [3.05, 3.63) is 23.0 Å². The maximum atomic E-state index is 13.1. The first-order valence-electron chi connectivity index (χ1n) is 6.00. The van der Waals surface area contributed by atoms with Crippen LogP contribution in [0.1, 0.15) is 6.42 Å². The van der Waals surface area contributed by atoms with Crippen molar-refractivity contribution in [3.8, 4) is 0 Å². The van der Waals surface area contributed by atoms with Crippen LogP contribution in [0, 0.1) is 0 Å². The molecular formula is C11H15F3N4O2S. The van der Waals surface area contributed by atoms with Crippen molar-refractivity contribution in [1.29, 1.82) is 0 Å². The topological polar surface area (TPSA) is 111 Å². The number of fused-ring (bicyclic) bond motifs is 1. The van der Waals surface area contributed by atoms with Crippen LogP contribution in [0.5, 0.6) is 0 Å². The van der Waals surface area contributed by atoms with Gasteiger partial charge in [0.15, 0.2) is 0 Å². The summed E-state index contributed by atoms with van der Waals surface area (Å²) in [7, 11) is -3.37. The molecule has 0 spiro atoms. The highest BCUT2D eigenvalue weighted by atomic mass is 32.2. The number of nitrogens with zero attached hydrogens (tertiary/aromatic N) is 1. The van der Waals surface area contributed by atoms with E-state index in [9.17, 15) is 21.6 Å². The van der Waals surface area contributed by atoms with Crippen molar-refractivity contribution in [2.75, 3.05) is 18.6 Å². The van der Waals surface area contributed by atoms with Gasteiger partial charge in [0, 0.05) is 11.8 Å². The summed E-state index contributed by atoms with van der Waals surface area (Å²) in [6.45, 7) is -0.555. The number of nitrogens with one attached hydrogen (secondary N) is 1. The average Bonchev–Trinajstić information content (AvgIpc) is 2.69. The van der Waals surface area contributed by atoms with Gasteiger partial charge in [-0.1, -0.05) is 0 Å². The van der Waals surface area contributed by atoms with E-state index in [0.29, 0.717) is 0 Å². The Morgan fingerprint density at radius 3 is 2.62 bits per heavy atom. The minimum absolute atomic E-state index is 0.0432. The van der Waals surface area contributed by atoms with Gasteiger partial charge in [-0.15, -0.1) is 0 Å². The first-order valence-corrected chi connectivity index (χ1v) is 8.06. The standard InChI is InChI=1S/C11H15F3N4O2S/c1-21(19,20)3-2-10(16)4-7(15)18-9-8(10)6(5-17-9)11(12,13)14/h4H,2-3,5,15-16H2,1H3,(H,17,18). The van der Waals surface area contributed by atoms with E-state index >= 15 is 0 Å². The number of aliphatic imine (C=N–C) groups is 1. The maximum absolute atomic E-state index is 13.1. The molecule has 1 atom stereocenters. The zero-order valence-corrected chi connectivity index (χ0v) is 12.0. The lowest BCUT2D eigenvalue weighted by atomic mass is 9.82. The van der Waals surface area contributed by atoms with Crippen LogP contribution >= 0.6 is 0 Å². The number of alkyl halides is 3. The summed E-state index contributed by atoms with van der Waals surface area (Å²) < 4.78 is 61.7. The van der Waals surface area contributed by atoms with E-state index in [-0.39, 0.29) is 29.4 Å². The molecule has 0 aromatic heterocycles. The summed E-state index contributed by atoms with van der Waals surface area (Å²) in [6, 6.07) is 0. The lowest BCUT2D eigenvalue weighted by Gasteiger charge is -2.34. The number of hydrogen-bond donors (Lipinski definition) is 3. The van der Waals surface area contributed by atoms with Gasteiger partial charge in [0.2, 0.25) is 0 Å². The predicted molar refractivity (Wildman–Crippen MR) is 72.0 cm³/mol. The molecule has 5 N–H and O–H groups in total. The smallest absolute Gasteiger partial charge is 0.385 e. The first-order chi connectivity index (χ1) is 9.42. The summed E-state index contributed by atoms with van der Waals surface area (Å²) in [4.78, 5) is 3.76. The van der Waals surface area contributed by atoms with Crippen LogP contribution in [0.25, 0.3) is 0 Å². The van der Waals surface area contributed by atoms with Crippen molar-refractivity contribution in [3.63, 3.8) is 0 Å². The van der Waals surface area contributed by atoms with Crippen molar-refractivity contribution in [2.24, 2.45) is 16.5 Å². The van der Waals surface area contributed by atoms with Crippen LogP contribution in [0.3, 0.4) is 0 Å². The summed E-state index contributed by atoms with van der Waals surface area (Å²) in [5.41, 5.74) is 8.91. The molecule has 10 heteroatoms. The largest absolute Gasteiger partial charge is 0.414 e. The zero-order chi connectivity index (χ0) is 16.1. The molecule has 2 rings (SSSR count). The summed E-state index contributed by atoms with van der Waals surface area (Å²) in [6.07, 6.45) is -2.59. The summed E-state index contributed by atoms with van der Waals surface area (Å²) in [5, 5.41) is 2.53. The number of rotatable bonds is 3. The van der Waals surface area contributed by atoms with Crippen LogP contribution in [0.2, 0.25) is 0 Å². The number of amidine groups is 1. The Bertz CT molecular complexity index is 663.